The quantitative estimate of drug-likeness (QED) is 0.724. The van der Waals surface area contributed by atoms with Crippen LogP contribution in [0.1, 0.15) is 42.7 Å². The van der Waals surface area contributed by atoms with Gasteiger partial charge in [0.1, 0.15) is 0 Å². The topological polar surface area (TPSA) is 98.1 Å². The van der Waals surface area contributed by atoms with Gasteiger partial charge in [-0.1, -0.05) is 13.8 Å². The first-order valence-corrected chi connectivity index (χ1v) is 9.76. The third-order valence-electron chi connectivity index (χ3n) is 4.16. The van der Waals surface area contributed by atoms with Crippen molar-refractivity contribution in [2.24, 2.45) is 0 Å². The largest absolute Gasteiger partial charge is 0.379 e. The molecule has 9 nitrogen and oxygen atoms in total. The maximum absolute atomic E-state index is 12.1. The number of aryl methyl sites for hydroxylation is 1. The number of carbonyl (C=O) groups excluding carboxylic acids is 1. The molecule has 1 saturated heterocycles. The molecule has 0 saturated carbocycles. The molecule has 0 spiro atoms. The molecule has 1 aliphatic heterocycles. The van der Waals surface area contributed by atoms with E-state index < -0.39 is 0 Å². The number of aromatic nitrogens is 5. The number of ether oxygens (including phenoxy) is 1. The minimum Gasteiger partial charge on any atom is -0.379 e. The number of thiazole rings is 1. The van der Waals surface area contributed by atoms with Crippen LogP contribution in [-0.4, -0.2) is 62.3 Å². The van der Waals surface area contributed by atoms with Gasteiger partial charge in [-0.05, 0) is 10.4 Å². The van der Waals surface area contributed by atoms with Gasteiger partial charge in [0, 0.05) is 30.8 Å². The highest BCUT2D eigenvalue weighted by Crippen LogP contribution is 2.18. The molecule has 142 valence electrons. The van der Waals surface area contributed by atoms with E-state index >= 15 is 0 Å². The molecule has 26 heavy (non-hydrogen) atoms. The fourth-order valence-electron chi connectivity index (χ4n) is 2.62. The lowest BCUT2D eigenvalue weighted by Gasteiger charge is -2.25. The van der Waals surface area contributed by atoms with E-state index in [1.165, 1.54) is 0 Å². The van der Waals surface area contributed by atoms with Crippen LogP contribution in [0.15, 0.2) is 5.38 Å². The number of tetrazole rings is 1. The number of nitrogens with one attached hydrogen (secondary N) is 1. The Morgan fingerprint density at radius 2 is 2.19 bits per heavy atom. The van der Waals surface area contributed by atoms with Crippen molar-refractivity contribution in [1.29, 1.82) is 0 Å². The van der Waals surface area contributed by atoms with E-state index in [-0.39, 0.29) is 5.91 Å². The summed E-state index contributed by atoms with van der Waals surface area (Å²) in [5, 5.41) is 17.8. The molecule has 0 radical (unpaired) electrons. The van der Waals surface area contributed by atoms with Gasteiger partial charge in [0.25, 0.3) is 0 Å². The van der Waals surface area contributed by atoms with Gasteiger partial charge >= 0.3 is 0 Å². The Kier molecular flexibility index (Phi) is 6.64. The van der Waals surface area contributed by atoms with Crippen LogP contribution in [0.25, 0.3) is 0 Å². The first-order valence-electron chi connectivity index (χ1n) is 8.88. The van der Waals surface area contributed by atoms with Gasteiger partial charge in [-0.3, -0.25) is 9.69 Å². The highest BCUT2D eigenvalue weighted by Gasteiger charge is 2.15. The molecule has 2 aromatic rings. The molecular weight excluding hydrogens is 354 g/mol. The number of carbonyl (C=O) groups is 1. The third kappa shape index (κ3) is 5.29. The highest BCUT2D eigenvalue weighted by molar-refractivity contribution is 7.09. The maximum atomic E-state index is 12.1. The van der Waals surface area contributed by atoms with Crippen molar-refractivity contribution in [3.8, 4) is 0 Å². The number of hydrogen-bond acceptors (Lipinski definition) is 8. The summed E-state index contributed by atoms with van der Waals surface area (Å²) in [7, 11) is 0. The summed E-state index contributed by atoms with van der Waals surface area (Å²) >= 11 is 1.63. The monoisotopic (exact) mass is 379 g/mol. The lowest BCUT2D eigenvalue weighted by molar-refractivity contribution is -0.121. The summed E-state index contributed by atoms with van der Waals surface area (Å²) < 4.78 is 7.05. The lowest BCUT2D eigenvalue weighted by Crippen LogP contribution is -2.36. The van der Waals surface area contributed by atoms with Gasteiger partial charge < -0.3 is 10.1 Å². The Morgan fingerprint density at radius 3 is 2.92 bits per heavy atom. The van der Waals surface area contributed by atoms with Crippen LogP contribution in [0.3, 0.4) is 0 Å². The minimum absolute atomic E-state index is 0.0306. The molecule has 0 aliphatic carbocycles. The van der Waals surface area contributed by atoms with Crippen LogP contribution >= 0.6 is 11.3 Å². The molecule has 0 aromatic carbocycles. The van der Waals surface area contributed by atoms with Gasteiger partial charge in [-0.15, -0.1) is 16.4 Å². The second-order valence-corrected chi connectivity index (χ2v) is 7.45. The number of rotatable bonds is 8. The van der Waals surface area contributed by atoms with Crippen LogP contribution < -0.4 is 5.32 Å². The average Bonchev–Trinajstić information content (AvgIpc) is 3.28. The summed E-state index contributed by atoms with van der Waals surface area (Å²) in [6.45, 7) is 9.04. The summed E-state index contributed by atoms with van der Waals surface area (Å²) in [5.41, 5.74) is 0.905. The molecule has 0 unspecified atom stereocenters. The predicted molar refractivity (Wildman–Crippen MR) is 96.6 cm³/mol. The Hall–Kier alpha value is -1.91. The lowest BCUT2D eigenvalue weighted by atomic mass is 10.2. The number of nitrogens with zero attached hydrogens (tertiary/aromatic N) is 6. The Labute approximate surface area is 156 Å². The molecule has 0 atom stereocenters. The van der Waals surface area contributed by atoms with Crippen molar-refractivity contribution in [3.05, 3.63) is 21.9 Å². The van der Waals surface area contributed by atoms with Crippen LogP contribution in [0, 0.1) is 0 Å². The number of amides is 1. The van der Waals surface area contributed by atoms with Gasteiger partial charge in [0.05, 0.1) is 43.5 Å². The normalized spacial score (nSPS) is 15.5. The second-order valence-electron chi connectivity index (χ2n) is 6.57. The molecular formula is C16H25N7O2S. The third-order valence-corrected chi connectivity index (χ3v) is 5.35. The van der Waals surface area contributed by atoms with Gasteiger partial charge in [-0.2, -0.15) is 0 Å². The highest BCUT2D eigenvalue weighted by atomic mass is 32.1. The van der Waals surface area contributed by atoms with Gasteiger partial charge in [0.2, 0.25) is 5.91 Å². The fraction of sp³-hybridized carbons (Fsp3) is 0.688. The Bertz CT molecular complexity index is 709. The number of hydrogen-bond donors (Lipinski definition) is 1. The fourth-order valence-corrected chi connectivity index (χ4v) is 3.46. The first-order chi connectivity index (χ1) is 12.6. The smallest absolute Gasteiger partial charge is 0.222 e. The average molecular weight is 379 g/mol. The minimum atomic E-state index is -0.0306. The SMILES string of the molecule is CC(C)c1nc(CNC(=O)CCn2nnnc2CN2CCOCC2)cs1. The molecule has 1 amide bonds. The van der Waals surface area contributed by atoms with E-state index in [0.29, 0.717) is 32.0 Å². The zero-order valence-corrected chi connectivity index (χ0v) is 16.0. The molecule has 1 aliphatic rings. The summed E-state index contributed by atoms with van der Waals surface area (Å²) in [6.07, 6.45) is 0.336. The molecule has 1 N–H and O–H groups in total. The van der Waals surface area contributed by atoms with Crippen molar-refractivity contribution in [2.45, 2.75) is 45.8 Å². The van der Waals surface area contributed by atoms with E-state index in [0.717, 1.165) is 42.8 Å². The van der Waals surface area contributed by atoms with Crippen molar-refractivity contribution < 1.29 is 9.53 Å². The standard InChI is InChI=1S/C16H25N7O2S/c1-12(2)16-18-13(11-26-16)9-17-15(24)3-4-23-14(19-20-21-23)10-22-5-7-25-8-6-22/h11-12H,3-10H2,1-2H3,(H,17,24). The van der Waals surface area contributed by atoms with Crippen LogP contribution in [0.4, 0.5) is 0 Å². The molecule has 3 heterocycles. The maximum Gasteiger partial charge on any atom is 0.222 e. The molecule has 1 fully saturated rings. The number of morpholine rings is 1. The van der Waals surface area contributed by atoms with Crippen molar-refractivity contribution in [2.75, 3.05) is 26.3 Å². The van der Waals surface area contributed by atoms with E-state index in [9.17, 15) is 4.79 Å². The van der Waals surface area contributed by atoms with Crippen LogP contribution in [0.2, 0.25) is 0 Å². The summed E-state index contributed by atoms with van der Waals surface area (Å²) in [5.74, 6) is 1.16. The Morgan fingerprint density at radius 1 is 1.38 bits per heavy atom. The molecule has 0 bridgehead atoms. The molecule has 10 heteroatoms. The zero-order valence-electron chi connectivity index (χ0n) is 15.2. The molecule has 3 rings (SSSR count). The zero-order chi connectivity index (χ0) is 18.4. The van der Waals surface area contributed by atoms with Crippen molar-refractivity contribution in [3.63, 3.8) is 0 Å². The summed E-state index contributed by atoms with van der Waals surface area (Å²) in [6, 6.07) is 0. The van der Waals surface area contributed by atoms with E-state index in [2.05, 4.69) is 44.6 Å². The van der Waals surface area contributed by atoms with Gasteiger partial charge in [-0.25, -0.2) is 9.67 Å². The van der Waals surface area contributed by atoms with Crippen molar-refractivity contribution in [1.82, 2.24) is 35.4 Å². The van der Waals surface area contributed by atoms with Crippen molar-refractivity contribution >= 4 is 17.2 Å². The van der Waals surface area contributed by atoms with E-state index in [1.54, 1.807) is 16.0 Å². The second kappa shape index (κ2) is 9.15. The van der Waals surface area contributed by atoms with Crippen LogP contribution in [-0.2, 0) is 29.2 Å². The van der Waals surface area contributed by atoms with E-state index in [1.807, 2.05) is 5.38 Å². The predicted octanol–water partition coefficient (Wildman–Crippen LogP) is 0.792. The van der Waals surface area contributed by atoms with E-state index in [4.69, 9.17) is 4.74 Å². The van der Waals surface area contributed by atoms with Crippen LogP contribution in [0.5, 0.6) is 0 Å². The first kappa shape index (κ1) is 18.9. The Balaban J connectivity index is 1.43. The van der Waals surface area contributed by atoms with Gasteiger partial charge in [0.15, 0.2) is 5.82 Å². The summed E-state index contributed by atoms with van der Waals surface area (Å²) in [4.78, 5) is 18.9. The molecule has 2 aromatic heterocycles.